The molecule has 0 aromatic heterocycles. The normalized spacial score (nSPS) is 11.3. The summed E-state index contributed by atoms with van der Waals surface area (Å²) in [5.41, 5.74) is 1.69. The SMILES string of the molecule is COc1ccccc1CCNC(=O)C(C)NC(=O)Nc1ccccc1. The van der Waals surface area contributed by atoms with Gasteiger partial charge in [0.05, 0.1) is 7.11 Å². The van der Waals surface area contributed by atoms with Crippen LogP contribution in [-0.2, 0) is 11.2 Å². The maximum atomic E-state index is 12.1. The number of nitrogens with one attached hydrogen (secondary N) is 3. The van der Waals surface area contributed by atoms with Gasteiger partial charge in [0.2, 0.25) is 5.91 Å². The van der Waals surface area contributed by atoms with E-state index in [1.165, 1.54) is 0 Å². The molecule has 6 heteroatoms. The first-order chi connectivity index (χ1) is 12.1. The highest BCUT2D eigenvalue weighted by Crippen LogP contribution is 2.17. The molecule has 3 N–H and O–H groups in total. The Morgan fingerprint density at radius 3 is 2.44 bits per heavy atom. The zero-order valence-electron chi connectivity index (χ0n) is 14.4. The summed E-state index contributed by atoms with van der Waals surface area (Å²) < 4.78 is 5.28. The lowest BCUT2D eigenvalue weighted by molar-refractivity contribution is -0.122. The van der Waals surface area contributed by atoms with Crippen molar-refractivity contribution >= 4 is 17.6 Å². The van der Waals surface area contributed by atoms with Gasteiger partial charge in [-0.25, -0.2) is 4.79 Å². The topological polar surface area (TPSA) is 79.5 Å². The van der Waals surface area contributed by atoms with Crippen molar-refractivity contribution in [2.75, 3.05) is 19.0 Å². The van der Waals surface area contributed by atoms with Gasteiger partial charge in [-0.1, -0.05) is 36.4 Å². The Kier molecular flexibility index (Phi) is 6.83. The maximum absolute atomic E-state index is 12.1. The molecule has 2 rings (SSSR count). The van der Waals surface area contributed by atoms with Crippen LogP contribution in [0, 0.1) is 0 Å². The molecule has 0 spiro atoms. The van der Waals surface area contributed by atoms with Gasteiger partial charge in [-0.15, -0.1) is 0 Å². The summed E-state index contributed by atoms with van der Waals surface area (Å²) in [4.78, 5) is 24.0. The molecule has 0 aliphatic rings. The average Bonchev–Trinajstić information content (AvgIpc) is 2.62. The number of methoxy groups -OCH3 is 1. The van der Waals surface area contributed by atoms with Crippen LogP contribution in [0.4, 0.5) is 10.5 Å². The monoisotopic (exact) mass is 341 g/mol. The van der Waals surface area contributed by atoms with Gasteiger partial charge in [-0.05, 0) is 37.1 Å². The molecule has 0 saturated carbocycles. The Hall–Kier alpha value is -3.02. The van der Waals surface area contributed by atoms with Gasteiger partial charge in [-0.3, -0.25) is 4.79 Å². The van der Waals surface area contributed by atoms with Crippen LogP contribution in [0.15, 0.2) is 54.6 Å². The van der Waals surface area contributed by atoms with E-state index in [1.807, 2.05) is 42.5 Å². The van der Waals surface area contributed by atoms with Crippen molar-refractivity contribution in [3.8, 4) is 5.75 Å². The van der Waals surface area contributed by atoms with Gasteiger partial charge in [0.15, 0.2) is 0 Å². The predicted octanol–water partition coefficient (Wildman–Crippen LogP) is 2.56. The van der Waals surface area contributed by atoms with Crippen molar-refractivity contribution in [1.29, 1.82) is 0 Å². The standard InChI is InChI=1S/C19H23N3O3/c1-14(21-19(24)22-16-9-4-3-5-10-16)18(23)20-13-12-15-8-6-7-11-17(15)25-2/h3-11,14H,12-13H2,1-2H3,(H,20,23)(H2,21,22,24). The van der Waals surface area contributed by atoms with E-state index in [9.17, 15) is 9.59 Å². The number of benzene rings is 2. The van der Waals surface area contributed by atoms with Crippen LogP contribution in [0.1, 0.15) is 12.5 Å². The largest absolute Gasteiger partial charge is 0.496 e. The van der Waals surface area contributed by atoms with Crippen LogP contribution >= 0.6 is 0 Å². The molecular formula is C19H23N3O3. The number of ether oxygens (including phenoxy) is 1. The summed E-state index contributed by atoms with van der Waals surface area (Å²) in [5.74, 6) is 0.559. The minimum absolute atomic E-state index is 0.238. The molecule has 2 aromatic carbocycles. The third kappa shape index (κ3) is 5.84. The smallest absolute Gasteiger partial charge is 0.319 e. The Morgan fingerprint density at radius 1 is 1.04 bits per heavy atom. The summed E-state index contributed by atoms with van der Waals surface area (Å²) in [6.45, 7) is 2.11. The fourth-order valence-corrected chi connectivity index (χ4v) is 2.33. The predicted molar refractivity (Wildman–Crippen MR) is 97.8 cm³/mol. The van der Waals surface area contributed by atoms with Crippen LogP contribution in [0.25, 0.3) is 0 Å². The van der Waals surface area contributed by atoms with Crippen LogP contribution in [-0.4, -0.2) is 31.6 Å². The minimum atomic E-state index is -0.638. The molecule has 1 unspecified atom stereocenters. The van der Waals surface area contributed by atoms with Gasteiger partial charge in [-0.2, -0.15) is 0 Å². The van der Waals surface area contributed by atoms with Gasteiger partial charge in [0.25, 0.3) is 0 Å². The van der Waals surface area contributed by atoms with Crippen LogP contribution < -0.4 is 20.7 Å². The van der Waals surface area contributed by atoms with Gasteiger partial charge >= 0.3 is 6.03 Å². The second kappa shape index (κ2) is 9.32. The van der Waals surface area contributed by atoms with E-state index in [0.29, 0.717) is 18.7 Å². The number of carbonyl (C=O) groups excluding carboxylic acids is 2. The van der Waals surface area contributed by atoms with Gasteiger partial charge < -0.3 is 20.7 Å². The molecule has 0 heterocycles. The van der Waals surface area contributed by atoms with Crippen LogP contribution in [0.3, 0.4) is 0 Å². The molecule has 132 valence electrons. The fourth-order valence-electron chi connectivity index (χ4n) is 2.33. The summed E-state index contributed by atoms with van der Waals surface area (Å²) >= 11 is 0. The third-order valence-corrected chi connectivity index (χ3v) is 3.66. The number of para-hydroxylation sites is 2. The second-order valence-electron chi connectivity index (χ2n) is 5.54. The van der Waals surface area contributed by atoms with E-state index in [0.717, 1.165) is 11.3 Å². The quantitative estimate of drug-likeness (QED) is 0.724. The lowest BCUT2D eigenvalue weighted by Gasteiger charge is -2.15. The van der Waals surface area contributed by atoms with Crippen molar-refractivity contribution < 1.29 is 14.3 Å². The highest BCUT2D eigenvalue weighted by molar-refractivity contribution is 5.93. The van der Waals surface area contributed by atoms with Crippen LogP contribution in [0.2, 0.25) is 0 Å². The van der Waals surface area contributed by atoms with Crippen molar-refractivity contribution in [2.24, 2.45) is 0 Å². The second-order valence-corrected chi connectivity index (χ2v) is 5.54. The van der Waals surface area contributed by atoms with Crippen molar-refractivity contribution in [2.45, 2.75) is 19.4 Å². The van der Waals surface area contributed by atoms with E-state index >= 15 is 0 Å². The summed E-state index contributed by atoms with van der Waals surface area (Å²) in [5, 5.41) is 8.11. The number of amides is 3. The molecular weight excluding hydrogens is 318 g/mol. The highest BCUT2D eigenvalue weighted by atomic mass is 16.5. The molecule has 0 saturated heterocycles. The highest BCUT2D eigenvalue weighted by Gasteiger charge is 2.15. The van der Waals surface area contributed by atoms with Crippen LogP contribution in [0.5, 0.6) is 5.75 Å². The molecule has 0 radical (unpaired) electrons. The lowest BCUT2D eigenvalue weighted by Crippen LogP contribution is -2.46. The first-order valence-electron chi connectivity index (χ1n) is 8.12. The lowest BCUT2D eigenvalue weighted by atomic mass is 10.1. The van der Waals surface area contributed by atoms with E-state index in [4.69, 9.17) is 4.74 Å². The molecule has 25 heavy (non-hydrogen) atoms. The van der Waals surface area contributed by atoms with E-state index in [-0.39, 0.29) is 5.91 Å². The molecule has 0 aliphatic carbocycles. The number of hydrogen-bond acceptors (Lipinski definition) is 3. The van der Waals surface area contributed by atoms with Gasteiger partial charge in [0, 0.05) is 12.2 Å². The number of rotatable bonds is 7. The molecule has 3 amide bonds. The molecule has 2 aromatic rings. The molecule has 1 atom stereocenters. The number of carbonyl (C=O) groups is 2. The zero-order chi connectivity index (χ0) is 18.1. The summed E-state index contributed by atoms with van der Waals surface area (Å²) in [6.07, 6.45) is 0.651. The number of hydrogen-bond donors (Lipinski definition) is 3. The average molecular weight is 341 g/mol. The Morgan fingerprint density at radius 2 is 1.72 bits per heavy atom. The Balaban J connectivity index is 1.75. The van der Waals surface area contributed by atoms with Crippen molar-refractivity contribution in [3.63, 3.8) is 0 Å². The Bertz CT molecular complexity index is 704. The zero-order valence-corrected chi connectivity index (χ0v) is 14.4. The van der Waals surface area contributed by atoms with E-state index in [1.54, 1.807) is 26.2 Å². The third-order valence-electron chi connectivity index (χ3n) is 3.66. The van der Waals surface area contributed by atoms with Gasteiger partial charge in [0.1, 0.15) is 11.8 Å². The molecule has 0 aliphatic heterocycles. The first-order valence-corrected chi connectivity index (χ1v) is 8.12. The van der Waals surface area contributed by atoms with Crippen molar-refractivity contribution in [1.82, 2.24) is 10.6 Å². The van der Waals surface area contributed by atoms with Crippen molar-refractivity contribution in [3.05, 3.63) is 60.2 Å². The Labute approximate surface area is 147 Å². The molecule has 0 fully saturated rings. The molecule has 6 nitrogen and oxygen atoms in total. The molecule has 0 bridgehead atoms. The number of anilines is 1. The summed E-state index contributed by atoms with van der Waals surface area (Å²) in [7, 11) is 1.62. The maximum Gasteiger partial charge on any atom is 0.319 e. The first kappa shape index (κ1) is 18.3. The fraction of sp³-hybridized carbons (Fsp3) is 0.263. The van der Waals surface area contributed by atoms with E-state index < -0.39 is 12.1 Å². The number of urea groups is 1. The summed E-state index contributed by atoms with van der Waals surface area (Å²) in [6, 6.07) is 15.7. The van der Waals surface area contributed by atoms with E-state index in [2.05, 4.69) is 16.0 Å². The minimum Gasteiger partial charge on any atom is -0.496 e.